The van der Waals surface area contributed by atoms with Gasteiger partial charge in [-0.05, 0) is 0 Å². The average Bonchev–Trinajstić information content (AvgIpc) is 3.21. The van der Waals surface area contributed by atoms with E-state index in [9.17, 15) is 22.8 Å². The first-order valence-electron chi connectivity index (χ1n) is 8.04. The molecule has 1 atom stereocenters. The van der Waals surface area contributed by atoms with Crippen molar-refractivity contribution in [2.45, 2.75) is 25.2 Å². The van der Waals surface area contributed by atoms with Crippen molar-refractivity contribution in [1.82, 2.24) is 20.2 Å². The molecule has 1 aromatic heterocycles. The molecule has 10 heteroatoms. The lowest BCUT2D eigenvalue weighted by Gasteiger charge is -2.28. The lowest BCUT2D eigenvalue weighted by molar-refractivity contribution is -0.199. The molecule has 0 aliphatic carbocycles. The van der Waals surface area contributed by atoms with Crippen molar-refractivity contribution in [3.05, 3.63) is 54.1 Å². The number of nitrogens with one attached hydrogen (secondary N) is 2. The highest BCUT2D eigenvalue weighted by Crippen LogP contribution is 2.38. The minimum atomic E-state index is -5.10. The van der Waals surface area contributed by atoms with Crippen LogP contribution in [0.15, 0.2) is 47.8 Å². The summed E-state index contributed by atoms with van der Waals surface area (Å²) in [6, 6.07) is 8.05. The van der Waals surface area contributed by atoms with E-state index in [1.807, 2.05) is 0 Å². The maximum absolute atomic E-state index is 13.8. The number of aromatic nitrogens is 2. The summed E-state index contributed by atoms with van der Waals surface area (Å²) < 4.78 is 41.5. The Morgan fingerprint density at radius 3 is 2.56 bits per heavy atom. The van der Waals surface area contributed by atoms with Crippen molar-refractivity contribution >= 4 is 17.6 Å². The summed E-state index contributed by atoms with van der Waals surface area (Å²) in [5.41, 5.74) is -2.34. The molecule has 0 saturated carbocycles. The van der Waals surface area contributed by atoms with E-state index >= 15 is 0 Å². The number of amides is 2. The van der Waals surface area contributed by atoms with Gasteiger partial charge in [0, 0.05) is 37.3 Å². The molecule has 1 unspecified atom stereocenters. The Hall–Kier alpha value is -3.17. The zero-order chi connectivity index (χ0) is 19.7. The van der Waals surface area contributed by atoms with Crippen LogP contribution in [0.1, 0.15) is 18.2 Å². The summed E-state index contributed by atoms with van der Waals surface area (Å²) in [6.45, 7) is 0.845. The molecule has 1 aromatic carbocycles. The number of aliphatic imine (C=N–C) groups is 1. The third kappa shape index (κ3) is 3.42. The number of carbonyl (C=O) groups is 2. The summed E-state index contributed by atoms with van der Waals surface area (Å²) in [5, 5.41) is 1.71. The molecule has 2 N–H and O–H groups in total. The minimum absolute atomic E-state index is 0.0633. The summed E-state index contributed by atoms with van der Waals surface area (Å²) in [4.78, 5) is 35.5. The van der Waals surface area contributed by atoms with Crippen molar-refractivity contribution in [2.24, 2.45) is 4.99 Å². The first-order valence-corrected chi connectivity index (χ1v) is 8.04. The number of amidine groups is 1. The van der Waals surface area contributed by atoms with Gasteiger partial charge in [0.15, 0.2) is 0 Å². The molecule has 1 aliphatic heterocycles. The predicted molar refractivity (Wildman–Crippen MR) is 89.6 cm³/mol. The van der Waals surface area contributed by atoms with E-state index in [4.69, 9.17) is 0 Å². The number of halogens is 3. The minimum Gasteiger partial charge on any atom is -0.348 e. The molecule has 27 heavy (non-hydrogen) atoms. The molecule has 2 aromatic rings. The predicted octanol–water partition coefficient (Wildman–Crippen LogP) is 1.64. The van der Waals surface area contributed by atoms with Crippen LogP contribution in [0.25, 0.3) is 0 Å². The zero-order valence-corrected chi connectivity index (χ0v) is 14.2. The number of hydrogen-bond acceptors (Lipinski definition) is 4. The highest BCUT2D eigenvalue weighted by molar-refractivity contribution is 6.16. The molecule has 142 valence electrons. The van der Waals surface area contributed by atoms with Crippen molar-refractivity contribution in [1.29, 1.82) is 0 Å². The van der Waals surface area contributed by atoms with Gasteiger partial charge in [0.2, 0.25) is 5.91 Å². The van der Waals surface area contributed by atoms with Gasteiger partial charge in [-0.3, -0.25) is 14.5 Å². The van der Waals surface area contributed by atoms with E-state index in [1.165, 1.54) is 12.5 Å². The average molecular weight is 379 g/mol. The van der Waals surface area contributed by atoms with Gasteiger partial charge in [0.05, 0.1) is 6.33 Å². The summed E-state index contributed by atoms with van der Waals surface area (Å²) in [6.07, 6.45) is -1.90. The highest BCUT2D eigenvalue weighted by atomic mass is 19.4. The van der Waals surface area contributed by atoms with Crippen molar-refractivity contribution in [3.8, 4) is 0 Å². The molecule has 0 spiro atoms. The van der Waals surface area contributed by atoms with Crippen LogP contribution in [0.2, 0.25) is 0 Å². The fourth-order valence-electron chi connectivity index (χ4n) is 2.82. The number of alkyl halides is 3. The molecule has 0 radical (unpaired) electrons. The fourth-order valence-corrected chi connectivity index (χ4v) is 2.82. The second-order valence-electron chi connectivity index (χ2n) is 5.97. The van der Waals surface area contributed by atoms with Crippen LogP contribution in [0.4, 0.5) is 13.2 Å². The van der Waals surface area contributed by atoms with Gasteiger partial charge in [-0.2, -0.15) is 13.2 Å². The number of imidazole rings is 1. The Labute approximate surface area is 152 Å². The maximum Gasteiger partial charge on any atom is 0.442 e. The van der Waals surface area contributed by atoms with Crippen molar-refractivity contribution in [2.75, 3.05) is 6.54 Å². The Morgan fingerprint density at radius 1 is 1.30 bits per heavy atom. The van der Waals surface area contributed by atoms with Crippen LogP contribution in [0, 0.1) is 0 Å². The fraction of sp³-hybridized carbons (Fsp3) is 0.294. The Bertz CT molecular complexity index is 864. The number of carbonyl (C=O) groups excluding carboxylic acids is 2. The summed E-state index contributed by atoms with van der Waals surface area (Å²) >= 11 is 0. The maximum atomic E-state index is 13.8. The third-order valence-electron chi connectivity index (χ3n) is 4.04. The van der Waals surface area contributed by atoms with E-state index in [2.05, 4.69) is 15.0 Å². The third-order valence-corrected chi connectivity index (χ3v) is 4.04. The van der Waals surface area contributed by atoms with E-state index < -0.39 is 23.7 Å². The van der Waals surface area contributed by atoms with E-state index in [1.54, 1.807) is 35.6 Å². The summed E-state index contributed by atoms with van der Waals surface area (Å²) in [7, 11) is 0. The number of hydrogen-bond donors (Lipinski definition) is 2. The number of aromatic amines is 1. The molecule has 2 heterocycles. The largest absolute Gasteiger partial charge is 0.442 e. The highest BCUT2D eigenvalue weighted by Gasteiger charge is 2.66. The Kier molecular flexibility index (Phi) is 4.73. The number of H-pyrrole nitrogens is 1. The SMILES string of the molecule is CC(=O)NC1(C(F)(F)F)N=C(c2ccccc2)N(CCc2cnc[nH]2)C1=O. The monoisotopic (exact) mass is 379 g/mol. The Morgan fingerprint density at radius 2 is 2.00 bits per heavy atom. The van der Waals surface area contributed by atoms with E-state index in [0.717, 1.165) is 11.8 Å². The Balaban J connectivity index is 2.04. The van der Waals surface area contributed by atoms with Crippen molar-refractivity contribution < 1.29 is 22.8 Å². The molecular formula is C17H16F3N5O2. The van der Waals surface area contributed by atoms with Crippen LogP contribution < -0.4 is 5.32 Å². The van der Waals surface area contributed by atoms with Gasteiger partial charge in [0.25, 0.3) is 5.91 Å². The lowest BCUT2D eigenvalue weighted by atomic mass is 10.1. The van der Waals surface area contributed by atoms with Crippen LogP contribution in [-0.2, 0) is 16.0 Å². The topological polar surface area (TPSA) is 90.4 Å². The number of nitrogens with zero attached hydrogens (tertiary/aromatic N) is 3. The first kappa shape index (κ1) is 18.6. The first-order chi connectivity index (χ1) is 12.7. The van der Waals surface area contributed by atoms with Gasteiger partial charge in [-0.25, -0.2) is 9.98 Å². The number of benzene rings is 1. The molecule has 7 nitrogen and oxygen atoms in total. The zero-order valence-electron chi connectivity index (χ0n) is 14.2. The van der Waals surface area contributed by atoms with Gasteiger partial charge in [-0.15, -0.1) is 0 Å². The van der Waals surface area contributed by atoms with Crippen LogP contribution in [-0.4, -0.2) is 50.9 Å². The molecule has 0 fully saturated rings. The lowest BCUT2D eigenvalue weighted by Crippen LogP contribution is -2.63. The van der Waals surface area contributed by atoms with Crippen LogP contribution >= 0.6 is 0 Å². The second-order valence-corrected chi connectivity index (χ2v) is 5.97. The van der Waals surface area contributed by atoms with Gasteiger partial charge in [0.1, 0.15) is 5.84 Å². The van der Waals surface area contributed by atoms with Gasteiger partial charge in [-0.1, -0.05) is 30.3 Å². The standard InChI is InChI=1S/C17H16F3N5O2/c1-11(26)23-16(17(18,19)20)15(27)25(8-7-13-9-21-10-22-13)14(24-16)12-5-3-2-4-6-12/h2-6,9-10H,7-8H2,1H3,(H,21,22)(H,23,26). The van der Waals surface area contributed by atoms with Crippen molar-refractivity contribution in [3.63, 3.8) is 0 Å². The van der Waals surface area contributed by atoms with Crippen LogP contribution in [0.5, 0.6) is 0 Å². The van der Waals surface area contributed by atoms with Crippen LogP contribution in [0.3, 0.4) is 0 Å². The van der Waals surface area contributed by atoms with E-state index in [0.29, 0.717) is 11.3 Å². The molecule has 1 aliphatic rings. The molecule has 2 amide bonds. The molecule has 0 saturated heterocycles. The smallest absolute Gasteiger partial charge is 0.348 e. The van der Waals surface area contributed by atoms with Gasteiger partial charge < -0.3 is 10.3 Å². The second kappa shape index (κ2) is 6.86. The molecule has 0 bridgehead atoms. The normalized spacial score (nSPS) is 19.9. The number of rotatable bonds is 5. The quantitative estimate of drug-likeness (QED) is 0.828. The summed E-state index contributed by atoms with van der Waals surface area (Å²) in [5.74, 6) is -2.50. The van der Waals surface area contributed by atoms with E-state index in [-0.39, 0.29) is 18.8 Å². The molecule has 3 rings (SSSR count). The molecular weight excluding hydrogens is 363 g/mol. The van der Waals surface area contributed by atoms with Gasteiger partial charge >= 0.3 is 11.8 Å².